The van der Waals surface area contributed by atoms with Gasteiger partial charge in [-0.2, -0.15) is 0 Å². The molecule has 0 atom stereocenters. The van der Waals surface area contributed by atoms with Crippen LogP contribution >= 0.6 is 11.3 Å². The molecule has 0 unspecified atom stereocenters. The molecule has 6 heteroatoms. The first-order valence-corrected chi connectivity index (χ1v) is 10.1. The summed E-state index contributed by atoms with van der Waals surface area (Å²) in [5.74, 6) is 0.696. The fourth-order valence-corrected chi connectivity index (χ4v) is 4.48. The summed E-state index contributed by atoms with van der Waals surface area (Å²) in [5, 5.41) is 0. The van der Waals surface area contributed by atoms with Gasteiger partial charge in [0.1, 0.15) is 4.88 Å². The van der Waals surface area contributed by atoms with E-state index < -0.39 is 0 Å². The van der Waals surface area contributed by atoms with Gasteiger partial charge in [-0.05, 0) is 26.7 Å². The molecule has 5 nitrogen and oxygen atoms in total. The Labute approximate surface area is 149 Å². The van der Waals surface area contributed by atoms with Crippen molar-refractivity contribution in [3.05, 3.63) is 16.1 Å². The molecule has 2 fully saturated rings. The molecule has 0 spiro atoms. The standard InChI is InChI=1S/C18H29N3O2S/c1-14(2)23-12-11-20-7-9-21(10-8-20)18(22)17-16(19-13-24-17)15-5-3-4-6-15/h13-15H,3-12H2,1-2H3. The molecule has 2 aliphatic rings. The highest BCUT2D eigenvalue weighted by molar-refractivity contribution is 7.11. The summed E-state index contributed by atoms with van der Waals surface area (Å²) in [6, 6.07) is 0. The van der Waals surface area contributed by atoms with E-state index in [1.54, 1.807) is 0 Å². The van der Waals surface area contributed by atoms with Crippen LogP contribution in [0.3, 0.4) is 0 Å². The quantitative estimate of drug-likeness (QED) is 0.790. The molecule has 1 aromatic heterocycles. The third-order valence-corrected chi connectivity index (χ3v) is 5.88. The average Bonchev–Trinajstić information content (AvgIpc) is 3.25. The molecule has 3 rings (SSSR count). The lowest BCUT2D eigenvalue weighted by Crippen LogP contribution is -2.49. The zero-order valence-corrected chi connectivity index (χ0v) is 15.7. The molecule has 1 aromatic rings. The summed E-state index contributed by atoms with van der Waals surface area (Å²) in [4.78, 5) is 22.7. The lowest BCUT2D eigenvalue weighted by Gasteiger charge is -2.34. The van der Waals surface area contributed by atoms with Gasteiger partial charge in [0.15, 0.2) is 0 Å². The molecule has 2 heterocycles. The first-order chi connectivity index (χ1) is 11.6. The van der Waals surface area contributed by atoms with Gasteiger partial charge in [0.2, 0.25) is 0 Å². The van der Waals surface area contributed by atoms with Gasteiger partial charge >= 0.3 is 0 Å². The number of carbonyl (C=O) groups excluding carboxylic acids is 1. The maximum absolute atomic E-state index is 12.9. The number of ether oxygens (including phenoxy) is 1. The molecule has 1 saturated carbocycles. The van der Waals surface area contributed by atoms with E-state index >= 15 is 0 Å². The second kappa shape index (κ2) is 8.41. The van der Waals surface area contributed by atoms with Gasteiger partial charge in [0, 0.05) is 38.6 Å². The first kappa shape index (κ1) is 17.8. The second-order valence-electron chi connectivity index (χ2n) is 7.10. The van der Waals surface area contributed by atoms with Crippen molar-refractivity contribution in [1.82, 2.24) is 14.8 Å². The fourth-order valence-electron chi connectivity index (χ4n) is 3.64. The normalized spacial score (nSPS) is 20.2. The van der Waals surface area contributed by atoms with Crippen LogP contribution < -0.4 is 0 Å². The summed E-state index contributed by atoms with van der Waals surface area (Å²) in [6.45, 7) is 9.34. The lowest BCUT2D eigenvalue weighted by molar-refractivity contribution is 0.0408. The second-order valence-corrected chi connectivity index (χ2v) is 7.96. The van der Waals surface area contributed by atoms with Crippen LogP contribution in [0.2, 0.25) is 0 Å². The Morgan fingerprint density at radius 1 is 1.29 bits per heavy atom. The maximum atomic E-state index is 12.9. The van der Waals surface area contributed by atoms with Crippen LogP contribution in [0.5, 0.6) is 0 Å². The third kappa shape index (κ3) is 4.35. The van der Waals surface area contributed by atoms with Crippen molar-refractivity contribution in [2.75, 3.05) is 39.3 Å². The van der Waals surface area contributed by atoms with Crippen LogP contribution in [-0.2, 0) is 4.74 Å². The van der Waals surface area contributed by atoms with Crippen molar-refractivity contribution in [1.29, 1.82) is 0 Å². The third-order valence-electron chi connectivity index (χ3n) is 5.05. The van der Waals surface area contributed by atoms with E-state index in [0.29, 0.717) is 5.92 Å². The van der Waals surface area contributed by atoms with E-state index in [9.17, 15) is 4.79 Å². The Hall–Kier alpha value is -0.980. The molecule has 24 heavy (non-hydrogen) atoms. The molecule has 0 radical (unpaired) electrons. The Morgan fingerprint density at radius 3 is 2.67 bits per heavy atom. The predicted octanol–water partition coefficient (Wildman–Crippen LogP) is 2.98. The number of amides is 1. The van der Waals surface area contributed by atoms with Crippen LogP contribution in [0, 0.1) is 0 Å². The molecule has 1 aliphatic heterocycles. The number of hydrogen-bond acceptors (Lipinski definition) is 5. The van der Waals surface area contributed by atoms with E-state index in [0.717, 1.165) is 49.9 Å². The van der Waals surface area contributed by atoms with Gasteiger partial charge < -0.3 is 9.64 Å². The van der Waals surface area contributed by atoms with Gasteiger partial charge in [-0.1, -0.05) is 12.8 Å². The summed E-state index contributed by atoms with van der Waals surface area (Å²) >= 11 is 1.52. The number of aromatic nitrogens is 1. The van der Waals surface area contributed by atoms with Gasteiger partial charge in [0.25, 0.3) is 5.91 Å². The Bertz CT molecular complexity index is 532. The van der Waals surface area contributed by atoms with Crippen molar-refractivity contribution >= 4 is 17.2 Å². The van der Waals surface area contributed by atoms with Crippen molar-refractivity contribution in [2.45, 2.75) is 51.6 Å². The molecule has 0 bridgehead atoms. The van der Waals surface area contributed by atoms with Crippen LogP contribution in [0.15, 0.2) is 5.51 Å². The minimum Gasteiger partial charge on any atom is -0.377 e. The smallest absolute Gasteiger partial charge is 0.265 e. The molecule has 0 aromatic carbocycles. The van der Waals surface area contributed by atoms with Crippen LogP contribution in [-0.4, -0.2) is 66.1 Å². The Kier molecular flexibility index (Phi) is 6.25. The van der Waals surface area contributed by atoms with Gasteiger partial charge in [0.05, 0.1) is 23.9 Å². The van der Waals surface area contributed by atoms with Crippen molar-refractivity contribution in [2.24, 2.45) is 0 Å². The van der Waals surface area contributed by atoms with E-state index in [1.807, 2.05) is 10.4 Å². The Morgan fingerprint density at radius 2 is 2.00 bits per heavy atom. The molecule has 1 amide bonds. The minimum absolute atomic E-state index is 0.192. The van der Waals surface area contributed by atoms with Gasteiger partial charge in [-0.15, -0.1) is 11.3 Å². The van der Waals surface area contributed by atoms with E-state index in [2.05, 4.69) is 23.7 Å². The number of carbonyl (C=O) groups is 1. The molecular formula is C18H29N3O2S. The SMILES string of the molecule is CC(C)OCCN1CCN(C(=O)c2scnc2C2CCCC2)CC1. The average molecular weight is 352 g/mol. The molecular weight excluding hydrogens is 322 g/mol. The predicted molar refractivity (Wildman–Crippen MR) is 96.8 cm³/mol. The van der Waals surface area contributed by atoms with Gasteiger partial charge in [-0.3, -0.25) is 9.69 Å². The number of hydrogen-bond donors (Lipinski definition) is 0. The van der Waals surface area contributed by atoms with Crippen molar-refractivity contribution < 1.29 is 9.53 Å². The summed E-state index contributed by atoms with van der Waals surface area (Å²) in [5.41, 5.74) is 2.91. The highest BCUT2D eigenvalue weighted by atomic mass is 32.1. The van der Waals surface area contributed by atoms with Crippen LogP contribution in [0.4, 0.5) is 0 Å². The van der Waals surface area contributed by atoms with Crippen molar-refractivity contribution in [3.63, 3.8) is 0 Å². The van der Waals surface area contributed by atoms with Crippen LogP contribution in [0.1, 0.15) is 60.8 Å². The fraction of sp³-hybridized carbons (Fsp3) is 0.778. The summed E-state index contributed by atoms with van der Waals surface area (Å²) in [7, 11) is 0. The molecule has 1 saturated heterocycles. The number of nitrogens with zero attached hydrogens (tertiary/aromatic N) is 3. The van der Waals surface area contributed by atoms with Gasteiger partial charge in [-0.25, -0.2) is 4.98 Å². The zero-order chi connectivity index (χ0) is 16.9. The monoisotopic (exact) mass is 351 g/mol. The van der Waals surface area contributed by atoms with E-state index in [-0.39, 0.29) is 12.0 Å². The molecule has 134 valence electrons. The maximum Gasteiger partial charge on any atom is 0.265 e. The summed E-state index contributed by atoms with van der Waals surface area (Å²) in [6.07, 6.45) is 5.20. The zero-order valence-electron chi connectivity index (χ0n) is 14.9. The molecule has 0 N–H and O–H groups in total. The highest BCUT2D eigenvalue weighted by Crippen LogP contribution is 2.36. The Balaban J connectivity index is 1.51. The topological polar surface area (TPSA) is 45.7 Å². The van der Waals surface area contributed by atoms with Crippen molar-refractivity contribution in [3.8, 4) is 0 Å². The highest BCUT2D eigenvalue weighted by Gasteiger charge is 2.29. The largest absolute Gasteiger partial charge is 0.377 e. The molecule has 1 aliphatic carbocycles. The van der Waals surface area contributed by atoms with Crippen LogP contribution in [0.25, 0.3) is 0 Å². The van der Waals surface area contributed by atoms with E-state index in [1.165, 1.54) is 37.0 Å². The van der Waals surface area contributed by atoms with E-state index in [4.69, 9.17) is 4.74 Å². The summed E-state index contributed by atoms with van der Waals surface area (Å²) < 4.78 is 5.62. The number of rotatable bonds is 6. The first-order valence-electron chi connectivity index (χ1n) is 9.21. The number of thiazole rings is 1. The number of piperazine rings is 1. The lowest BCUT2D eigenvalue weighted by atomic mass is 10.0. The minimum atomic E-state index is 0.192.